The number of halogens is 1. The molecule has 0 atom stereocenters. The third-order valence-corrected chi connectivity index (χ3v) is 6.10. The van der Waals surface area contributed by atoms with Crippen LogP contribution < -0.4 is 9.86 Å². The molecule has 118 valence electrons. The number of hydrogen-bond donors (Lipinski definition) is 2. The van der Waals surface area contributed by atoms with Gasteiger partial charge < -0.3 is 0 Å². The van der Waals surface area contributed by atoms with E-state index in [-0.39, 0.29) is 15.5 Å². The number of benzene rings is 2. The Bertz CT molecular complexity index is 908. The molecule has 0 unspecified atom stereocenters. The molecule has 6 nitrogen and oxygen atoms in total. The molecule has 0 heterocycles. The highest BCUT2D eigenvalue weighted by atomic mass is 79.9. The molecule has 2 rings (SSSR count). The molecule has 0 aliphatic carbocycles. The van der Waals surface area contributed by atoms with Gasteiger partial charge in [-0.15, -0.1) is 0 Å². The van der Waals surface area contributed by atoms with Crippen molar-refractivity contribution >= 4 is 41.7 Å². The predicted molar refractivity (Wildman–Crippen MR) is 87.5 cm³/mol. The first-order valence-corrected chi connectivity index (χ1v) is 9.84. The molecule has 0 saturated heterocycles. The second kappa shape index (κ2) is 5.99. The third-order valence-electron chi connectivity index (χ3n) is 2.81. The molecule has 0 bridgehead atoms. The van der Waals surface area contributed by atoms with Crippen molar-refractivity contribution < 1.29 is 16.8 Å². The van der Waals surface area contributed by atoms with Gasteiger partial charge in [-0.25, -0.2) is 22.0 Å². The Morgan fingerprint density at radius 2 is 1.59 bits per heavy atom. The van der Waals surface area contributed by atoms with Gasteiger partial charge in [0.25, 0.3) is 10.0 Å². The van der Waals surface area contributed by atoms with E-state index in [2.05, 4.69) is 20.7 Å². The molecule has 0 aromatic heterocycles. The van der Waals surface area contributed by atoms with Gasteiger partial charge in [-0.3, -0.25) is 4.72 Å². The van der Waals surface area contributed by atoms with Crippen molar-refractivity contribution in [3.8, 4) is 0 Å². The van der Waals surface area contributed by atoms with Gasteiger partial charge in [0.15, 0.2) is 0 Å². The lowest BCUT2D eigenvalue weighted by Gasteiger charge is -2.10. The number of aryl methyl sites for hydroxylation is 1. The lowest BCUT2D eigenvalue weighted by atomic mass is 10.2. The second-order valence-electron chi connectivity index (χ2n) is 4.61. The summed E-state index contributed by atoms with van der Waals surface area (Å²) in [5.74, 6) is 0. The van der Waals surface area contributed by atoms with Crippen molar-refractivity contribution in [2.75, 3.05) is 4.72 Å². The van der Waals surface area contributed by atoms with Gasteiger partial charge in [-0.2, -0.15) is 0 Å². The Kier molecular flexibility index (Phi) is 4.62. The molecule has 3 N–H and O–H groups in total. The van der Waals surface area contributed by atoms with Crippen molar-refractivity contribution in [2.45, 2.75) is 16.7 Å². The van der Waals surface area contributed by atoms with Gasteiger partial charge in [-0.05, 0) is 64.8 Å². The van der Waals surface area contributed by atoms with Crippen LogP contribution in [0, 0.1) is 6.92 Å². The third kappa shape index (κ3) is 3.86. The van der Waals surface area contributed by atoms with Crippen LogP contribution in [-0.2, 0) is 20.0 Å². The summed E-state index contributed by atoms with van der Waals surface area (Å²) >= 11 is 3.22. The largest absolute Gasteiger partial charge is 0.280 e. The molecule has 2 aromatic carbocycles. The van der Waals surface area contributed by atoms with Crippen LogP contribution in [0.2, 0.25) is 0 Å². The summed E-state index contributed by atoms with van der Waals surface area (Å²) in [6.07, 6.45) is 0. The van der Waals surface area contributed by atoms with Crippen LogP contribution in [-0.4, -0.2) is 16.8 Å². The molecule has 0 aliphatic heterocycles. The topological polar surface area (TPSA) is 106 Å². The first kappa shape index (κ1) is 16.9. The number of rotatable bonds is 4. The van der Waals surface area contributed by atoms with Gasteiger partial charge in [0, 0.05) is 10.2 Å². The van der Waals surface area contributed by atoms with E-state index in [0.29, 0.717) is 4.47 Å². The Labute approximate surface area is 137 Å². The van der Waals surface area contributed by atoms with Gasteiger partial charge in [0.05, 0.1) is 4.90 Å². The normalized spacial score (nSPS) is 12.1. The zero-order valence-electron chi connectivity index (χ0n) is 11.4. The zero-order valence-corrected chi connectivity index (χ0v) is 14.7. The van der Waals surface area contributed by atoms with Crippen molar-refractivity contribution in [2.24, 2.45) is 5.14 Å². The molecular weight excluding hydrogens is 392 g/mol. The Morgan fingerprint density at radius 3 is 2.09 bits per heavy atom. The van der Waals surface area contributed by atoms with E-state index in [1.807, 2.05) is 6.92 Å². The fourth-order valence-electron chi connectivity index (χ4n) is 1.75. The molecule has 0 saturated carbocycles. The smallest absolute Gasteiger partial charge is 0.263 e. The molecule has 22 heavy (non-hydrogen) atoms. The molecule has 0 fully saturated rings. The highest BCUT2D eigenvalue weighted by Gasteiger charge is 2.18. The average molecular weight is 405 g/mol. The summed E-state index contributed by atoms with van der Waals surface area (Å²) in [6, 6.07) is 10.00. The molecule has 0 spiro atoms. The first-order valence-electron chi connectivity index (χ1n) is 6.01. The lowest BCUT2D eigenvalue weighted by molar-refractivity contribution is 0.597. The van der Waals surface area contributed by atoms with Crippen molar-refractivity contribution in [1.82, 2.24) is 0 Å². The molecule has 0 amide bonds. The van der Waals surface area contributed by atoms with Crippen LogP contribution in [0.4, 0.5) is 5.69 Å². The predicted octanol–water partition coefficient (Wildman–Crippen LogP) is 2.21. The minimum atomic E-state index is -3.81. The minimum Gasteiger partial charge on any atom is -0.280 e. The van der Waals surface area contributed by atoms with Crippen molar-refractivity contribution in [1.29, 1.82) is 0 Å². The SMILES string of the molecule is Cc1ccc(S(=O)(=O)Nc2ccc(S(N)(=O)=O)cc2)c(Br)c1. The maximum atomic E-state index is 12.3. The van der Waals surface area contributed by atoms with Crippen LogP contribution in [0.15, 0.2) is 56.7 Å². The standard InChI is InChI=1S/C13H13BrN2O4S2/c1-9-2-7-13(12(14)8-9)22(19,20)16-10-3-5-11(6-4-10)21(15,17)18/h2-8,16H,1H3,(H2,15,17,18). The number of primary sulfonamides is 1. The maximum absolute atomic E-state index is 12.3. The molecule has 9 heteroatoms. The lowest BCUT2D eigenvalue weighted by Crippen LogP contribution is -2.14. The van der Waals surface area contributed by atoms with E-state index in [1.54, 1.807) is 12.1 Å². The summed E-state index contributed by atoms with van der Waals surface area (Å²) < 4.78 is 49.8. The highest BCUT2D eigenvalue weighted by molar-refractivity contribution is 9.10. The van der Waals surface area contributed by atoms with Gasteiger partial charge in [0.2, 0.25) is 10.0 Å². The Morgan fingerprint density at radius 1 is 1.00 bits per heavy atom. The molecular formula is C13H13BrN2O4S2. The van der Waals surface area contributed by atoms with Gasteiger partial charge in [0.1, 0.15) is 4.90 Å². The summed E-state index contributed by atoms with van der Waals surface area (Å²) in [5.41, 5.74) is 1.16. The number of hydrogen-bond acceptors (Lipinski definition) is 4. The maximum Gasteiger partial charge on any atom is 0.263 e. The van der Waals surface area contributed by atoms with E-state index in [0.717, 1.165) is 5.56 Å². The molecule has 0 aliphatic rings. The Balaban J connectivity index is 2.33. The summed E-state index contributed by atoms with van der Waals surface area (Å²) in [6.45, 7) is 1.85. The van der Waals surface area contributed by atoms with Crippen LogP contribution >= 0.6 is 15.9 Å². The van der Waals surface area contributed by atoms with Crippen molar-refractivity contribution in [3.05, 3.63) is 52.5 Å². The fraction of sp³-hybridized carbons (Fsp3) is 0.0769. The summed E-state index contributed by atoms with van der Waals surface area (Å²) in [7, 11) is -7.60. The van der Waals surface area contributed by atoms with E-state index >= 15 is 0 Å². The number of nitrogens with two attached hydrogens (primary N) is 1. The Hall–Kier alpha value is -1.42. The van der Waals surface area contributed by atoms with Gasteiger partial charge in [-0.1, -0.05) is 6.07 Å². The molecule has 0 radical (unpaired) electrons. The van der Waals surface area contributed by atoms with E-state index < -0.39 is 20.0 Å². The summed E-state index contributed by atoms with van der Waals surface area (Å²) in [5, 5.41) is 4.99. The number of sulfonamides is 2. The highest BCUT2D eigenvalue weighted by Crippen LogP contribution is 2.25. The molecule has 2 aromatic rings. The van der Waals surface area contributed by atoms with Crippen LogP contribution in [0.3, 0.4) is 0 Å². The van der Waals surface area contributed by atoms with Crippen LogP contribution in [0.25, 0.3) is 0 Å². The van der Waals surface area contributed by atoms with Crippen LogP contribution in [0.5, 0.6) is 0 Å². The van der Waals surface area contributed by atoms with Gasteiger partial charge >= 0.3 is 0 Å². The summed E-state index contributed by atoms with van der Waals surface area (Å²) in [4.78, 5) is 0.000544. The monoisotopic (exact) mass is 404 g/mol. The number of anilines is 1. The van der Waals surface area contributed by atoms with E-state index in [1.165, 1.54) is 30.3 Å². The van der Waals surface area contributed by atoms with Crippen molar-refractivity contribution in [3.63, 3.8) is 0 Å². The minimum absolute atomic E-state index is 0.0908. The fourth-order valence-corrected chi connectivity index (χ4v) is 4.51. The quantitative estimate of drug-likeness (QED) is 0.813. The zero-order chi connectivity index (χ0) is 16.5. The van der Waals surface area contributed by atoms with E-state index in [4.69, 9.17) is 5.14 Å². The van der Waals surface area contributed by atoms with Crippen LogP contribution in [0.1, 0.15) is 5.56 Å². The number of nitrogens with one attached hydrogen (secondary N) is 1. The second-order valence-corrected chi connectivity index (χ2v) is 8.68. The van der Waals surface area contributed by atoms with E-state index in [9.17, 15) is 16.8 Å². The first-order chi connectivity index (χ1) is 10.1. The average Bonchev–Trinajstić information content (AvgIpc) is 2.37.